The van der Waals surface area contributed by atoms with E-state index in [-0.39, 0.29) is 16.8 Å². The Kier molecular flexibility index (Phi) is 5.52. The fraction of sp³-hybridized carbons (Fsp3) is 0.294. The number of carboxylic acids is 1. The summed E-state index contributed by atoms with van der Waals surface area (Å²) in [7, 11) is 3.73. The van der Waals surface area contributed by atoms with Crippen LogP contribution in [0.3, 0.4) is 0 Å². The lowest BCUT2D eigenvalue weighted by molar-refractivity contribution is -0.125. The normalized spacial score (nSPS) is 12.2. The van der Waals surface area contributed by atoms with Gasteiger partial charge in [0.1, 0.15) is 10.9 Å². The molecule has 23 heavy (non-hydrogen) atoms. The molecule has 0 saturated carbocycles. The van der Waals surface area contributed by atoms with E-state index < -0.39 is 5.97 Å². The van der Waals surface area contributed by atoms with Gasteiger partial charge in [-0.15, -0.1) is 11.3 Å². The van der Waals surface area contributed by atoms with Crippen molar-refractivity contribution in [3.63, 3.8) is 0 Å². The molecular formula is C17H20N2O3S. The van der Waals surface area contributed by atoms with Crippen LogP contribution in [0.4, 0.5) is 0 Å². The van der Waals surface area contributed by atoms with Crippen LogP contribution in [0.15, 0.2) is 36.4 Å². The van der Waals surface area contributed by atoms with Gasteiger partial charge in [0.15, 0.2) is 0 Å². The number of nitrogens with one attached hydrogen (secondary N) is 1. The number of aryl methyl sites for hydroxylation is 1. The van der Waals surface area contributed by atoms with Gasteiger partial charge in [-0.1, -0.05) is 24.3 Å². The van der Waals surface area contributed by atoms with Gasteiger partial charge >= 0.3 is 5.97 Å². The van der Waals surface area contributed by atoms with Gasteiger partial charge in [0.2, 0.25) is 5.91 Å². The van der Waals surface area contributed by atoms with Gasteiger partial charge in [-0.2, -0.15) is 0 Å². The number of carbonyl (C=O) groups is 2. The Labute approximate surface area is 139 Å². The average molecular weight is 332 g/mol. The van der Waals surface area contributed by atoms with Gasteiger partial charge in [-0.05, 0) is 44.3 Å². The number of carboxylic acid groups (broad SMARTS) is 1. The highest BCUT2D eigenvalue weighted by atomic mass is 32.1. The minimum Gasteiger partial charge on any atom is -0.477 e. The highest BCUT2D eigenvalue weighted by Crippen LogP contribution is 2.22. The van der Waals surface area contributed by atoms with E-state index in [9.17, 15) is 9.59 Å². The maximum absolute atomic E-state index is 12.6. The first-order valence-corrected chi connectivity index (χ1v) is 8.03. The Morgan fingerprint density at radius 3 is 2.48 bits per heavy atom. The van der Waals surface area contributed by atoms with E-state index in [4.69, 9.17) is 5.11 Å². The number of hydrogen-bond donors (Lipinski definition) is 2. The molecule has 1 atom stereocenters. The Hall–Kier alpha value is -2.18. The van der Waals surface area contributed by atoms with E-state index in [0.29, 0.717) is 6.54 Å². The number of aromatic carboxylic acids is 1. The van der Waals surface area contributed by atoms with Crippen molar-refractivity contribution < 1.29 is 14.7 Å². The molecule has 1 amide bonds. The summed E-state index contributed by atoms with van der Waals surface area (Å²) in [6, 6.07) is 10.7. The molecule has 0 aliphatic heterocycles. The summed E-state index contributed by atoms with van der Waals surface area (Å²) in [6.45, 7) is 2.31. The van der Waals surface area contributed by atoms with Gasteiger partial charge in [-0.25, -0.2) is 4.79 Å². The second kappa shape index (κ2) is 7.39. The van der Waals surface area contributed by atoms with Crippen LogP contribution < -0.4 is 5.32 Å². The monoisotopic (exact) mass is 332 g/mol. The minimum atomic E-state index is -0.946. The number of rotatable bonds is 6. The lowest BCUT2D eigenvalue weighted by atomic mass is 10.00. The molecule has 1 unspecified atom stereocenters. The van der Waals surface area contributed by atoms with E-state index in [1.54, 1.807) is 12.1 Å². The molecule has 0 bridgehead atoms. The first-order valence-electron chi connectivity index (χ1n) is 7.22. The van der Waals surface area contributed by atoms with Gasteiger partial charge in [-0.3, -0.25) is 9.69 Å². The van der Waals surface area contributed by atoms with E-state index in [1.807, 2.05) is 50.2 Å². The fourth-order valence-electron chi connectivity index (χ4n) is 2.41. The predicted molar refractivity (Wildman–Crippen MR) is 90.7 cm³/mol. The van der Waals surface area contributed by atoms with Crippen molar-refractivity contribution in [2.45, 2.75) is 19.5 Å². The number of amides is 1. The first kappa shape index (κ1) is 17.2. The molecule has 1 heterocycles. The molecule has 0 fully saturated rings. The Balaban J connectivity index is 2.10. The molecule has 2 aromatic rings. The second-order valence-corrected chi connectivity index (χ2v) is 6.68. The van der Waals surface area contributed by atoms with Crippen LogP contribution in [0.25, 0.3) is 0 Å². The van der Waals surface area contributed by atoms with E-state index >= 15 is 0 Å². The number of carbonyl (C=O) groups excluding carboxylic acids is 1. The van der Waals surface area contributed by atoms with Crippen molar-refractivity contribution in [3.8, 4) is 0 Å². The number of benzene rings is 1. The molecule has 122 valence electrons. The lowest BCUT2D eigenvalue weighted by Crippen LogP contribution is -2.37. The molecule has 1 aromatic heterocycles. The standard InChI is InChI=1S/C17H20N2O3S/c1-11-6-4-5-7-13(11)15(19(2)3)16(20)18-10-12-8-9-14(23-12)17(21)22/h4-9,15H,10H2,1-3H3,(H,18,20)(H,21,22). The number of thiophene rings is 1. The zero-order chi connectivity index (χ0) is 17.0. The summed E-state index contributed by atoms with van der Waals surface area (Å²) in [6.07, 6.45) is 0. The fourth-order valence-corrected chi connectivity index (χ4v) is 3.19. The molecule has 0 aliphatic carbocycles. The molecule has 5 nitrogen and oxygen atoms in total. The van der Waals surface area contributed by atoms with Gasteiger partial charge in [0, 0.05) is 4.88 Å². The Morgan fingerprint density at radius 2 is 1.91 bits per heavy atom. The van der Waals surface area contributed by atoms with Crippen molar-refractivity contribution in [3.05, 3.63) is 57.3 Å². The summed E-state index contributed by atoms with van der Waals surface area (Å²) in [5.41, 5.74) is 2.03. The lowest BCUT2D eigenvalue weighted by Gasteiger charge is -2.25. The van der Waals surface area contributed by atoms with Crippen LogP contribution in [0, 0.1) is 6.92 Å². The number of hydrogen-bond acceptors (Lipinski definition) is 4. The maximum Gasteiger partial charge on any atom is 0.345 e. The summed E-state index contributed by atoms with van der Waals surface area (Å²) in [5, 5.41) is 11.8. The molecule has 2 rings (SSSR count). The number of nitrogens with zero attached hydrogens (tertiary/aromatic N) is 1. The molecule has 0 saturated heterocycles. The van der Waals surface area contributed by atoms with Crippen LogP contribution >= 0.6 is 11.3 Å². The zero-order valence-electron chi connectivity index (χ0n) is 13.4. The molecule has 2 N–H and O–H groups in total. The van der Waals surface area contributed by atoms with Crippen molar-refractivity contribution >= 4 is 23.2 Å². The smallest absolute Gasteiger partial charge is 0.345 e. The highest BCUT2D eigenvalue weighted by Gasteiger charge is 2.24. The first-order chi connectivity index (χ1) is 10.9. The van der Waals surface area contributed by atoms with E-state index in [0.717, 1.165) is 16.0 Å². The predicted octanol–water partition coefficient (Wildman–Crippen LogP) is 2.67. The quantitative estimate of drug-likeness (QED) is 0.853. The van der Waals surface area contributed by atoms with E-state index in [1.165, 1.54) is 11.3 Å². The summed E-state index contributed by atoms with van der Waals surface area (Å²) >= 11 is 1.17. The third-order valence-electron chi connectivity index (χ3n) is 3.56. The van der Waals surface area contributed by atoms with Gasteiger partial charge in [0.25, 0.3) is 0 Å². The van der Waals surface area contributed by atoms with Crippen LogP contribution in [0.5, 0.6) is 0 Å². The maximum atomic E-state index is 12.6. The largest absolute Gasteiger partial charge is 0.477 e. The number of likely N-dealkylation sites (N-methyl/N-ethyl adjacent to an activating group) is 1. The highest BCUT2D eigenvalue weighted by molar-refractivity contribution is 7.13. The Bertz CT molecular complexity index is 709. The zero-order valence-corrected chi connectivity index (χ0v) is 14.2. The molecule has 0 radical (unpaired) electrons. The Morgan fingerprint density at radius 1 is 1.22 bits per heavy atom. The average Bonchev–Trinajstić information content (AvgIpc) is 2.96. The van der Waals surface area contributed by atoms with Crippen molar-refractivity contribution in [1.82, 2.24) is 10.2 Å². The molecular weight excluding hydrogens is 312 g/mol. The molecule has 1 aromatic carbocycles. The molecule has 6 heteroatoms. The third kappa shape index (κ3) is 4.18. The summed E-state index contributed by atoms with van der Waals surface area (Å²) < 4.78 is 0. The second-order valence-electron chi connectivity index (χ2n) is 5.51. The topological polar surface area (TPSA) is 69.6 Å². The van der Waals surface area contributed by atoms with Crippen LogP contribution in [-0.2, 0) is 11.3 Å². The molecule has 0 spiro atoms. The SMILES string of the molecule is Cc1ccccc1C(C(=O)NCc1ccc(C(=O)O)s1)N(C)C. The third-order valence-corrected chi connectivity index (χ3v) is 4.63. The molecule has 0 aliphatic rings. The van der Waals surface area contributed by atoms with Crippen LogP contribution in [-0.4, -0.2) is 36.0 Å². The van der Waals surface area contributed by atoms with E-state index in [2.05, 4.69) is 5.32 Å². The summed E-state index contributed by atoms with van der Waals surface area (Å²) in [5.74, 6) is -1.05. The van der Waals surface area contributed by atoms with Gasteiger partial charge < -0.3 is 10.4 Å². The van der Waals surface area contributed by atoms with Crippen LogP contribution in [0.2, 0.25) is 0 Å². The van der Waals surface area contributed by atoms with Crippen molar-refractivity contribution in [2.75, 3.05) is 14.1 Å². The summed E-state index contributed by atoms with van der Waals surface area (Å²) in [4.78, 5) is 26.4. The minimum absolute atomic E-state index is 0.102. The van der Waals surface area contributed by atoms with Crippen molar-refractivity contribution in [1.29, 1.82) is 0 Å². The van der Waals surface area contributed by atoms with Gasteiger partial charge in [0.05, 0.1) is 6.54 Å². The van der Waals surface area contributed by atoms with Crippen LogP contribution in [0.1, 0.15) is 31.7 Å². The van der Waals surface area contributed by atoms with Crippen molar-refractivity contribution in [2.24, 2.45) is 0 Å².